The van der Waals surface area contributed by atoms with E-state index >= 15 is 0 Å². The Hall–Kier alpha value is -4.61. The number of alkyl carbamates (subject to hydrolysis) is 1. The zero-order valence-corrected chi connectivity index (χ0v) is 28.3. The topological polar surface area (TPSA) is 139 Å². The fourth-order valence-electron chi connectivity index (χ4n) is 6.00. The molecule has 13 nitrogen and oxygen atoms in total. The molecule has 0 saturated carbocycles. The van der Waals surface area contributed by atoms with Crippen LogP contribution in [0.1, 0.15) is 68.2 Å². The average molecular weight is 711 g/mol. The van der Waals surface area contributed by atoms with Gasteiger partial charge in [0.05, 0.1) is 18.2 Å². The van der Waals surface area contributed by atoms with Crippen molar-refractivity contribution in [1.82, 2.24) is 30.3 Å². The number of anilines is 2. The number of halogens is 5. The Morgan fingerprint density at radius 1 is 1.00 bits per heavy atom. The molecule has 2 fully saturated rings. The van der Waals surface area contributed by atoms with Crippen LogP contribution in [0.5, 0.6) is 0 Å². The molecule has 2 amide bonds. The average Bonchev–Trinajstić information content (AvgIpc) is 3.71. The van der Waals surface area contributed by atoms with Crippen molar-refractivity contribution in [3.63, 3.8) is 0 Å². The van der Waals surface area contributed by atoms with Gasteiger partial charge >= 0.3 is 18.0 Å². The Balaban J connectivity index is 1.29. The lowest BCUT2D eigenvalue weighted by atomic mass is 9.93. The van der Waals surface area contributed by atoms with Crippen molar-refractivity contribution >= 4 is 24.0 Å². The second-order valence-corrected chi connectivity index (χ2v) is 13.3. The van der Waals surface area contributed by atoms with E-state index in [4.69, 9.17) is 14.0 Å². The molecule has 2 aromatic heterocycles. The van der Waals surface area contributed by atoms with Crippen molar-refractivity contribution in [2.45, 2.75) is 70.1 Å². The molecular formula is C32H39F5N8O5. The third-order valence-electron chi connectivity index (χ3n) is 8.41. The Morgan fingerprint density at radius 2 is 1.66 bits per heavy atom. The number of carbonyl (C=O) groups excluding carboxylic acids is 2. The van der Waals surface area contributed by atoms with Gasteiger partial charge in [-0.15, -0.1) is 0 Å². The van der Waals surface area contributed by atoms with Crippen LogP contribution in [0.25, 0.3) is 0 Å². The molecule has 3 aromatic rings. The molecule has 272 valence electrons. The minimum Gasteiger partial charge on any atom is -0.444 e. The number of alkyl halides is 2. The summed E-state index contributed by atoms with van der Waals surface area (Å²) in [6.45, 7) is 7.10. The second-order valence-electron chi connectivity index (χ2n) is 13.3. The summed E-state index contributed by atoms with van der Waals surface area (Å²) in [6.07, 6.45) is 2.90. The third kappa shape index (κ3) is 8.57. The first kappa shape index (κ1) is 36.7. The Bertz CT molecular complexity index is 1660. The molecule has 2 aliphatic heterocycles. The molecule has 2 saturated heterocycles. The maximum atomic E-state index is 14.9. The molecule has 0 spiro atoms. The lowest BCUT2D eigenvalue weighted by Gasteiger charge is -2.37. The smallest absolute Gasteiger partial charge is 0.407 e. The molecule has 50 heavy (non-hydrogen) atoms. The van der Waals surface area contributed by atoms with Crippen molar-refractivity contribution in [3.05, 3.63) is 58.9 Å². The summed E-state index contributed by atoms with van der Waals surface area (Å²) >= 11 is 0. The fraction of sp³-hybridized carbons (Fsp3) is 0.562. The monoisotopic (exact) mass is 710 g/mol. The second kappa shape index (κ2) is 14.7. The van der Waals surface area contributed by atoms with E-state index in [9.17, 15) is 31.5 Å². The molecule has 4 heterocycles. The largest absolute Gasteiger partial charge is 0.444 e. The number of methoxy groups -OCH3 is 1. The number of hydrogen-bond acceptors (Lipinski definition) is 11. The maximum absolute atomic E-state index is 14.9. The Kier molecular flexibility index (Phi) is 10.8. The number of benzene rings is 1. The molecule has 0 radical (unpaired) electrons. The predicted octanol–water partition coefficient (Wildman–Crippen LogP) is 4.64. The zero-order chi connectivity index (χ0) is 36.4. The summed E-state index contributed by atoms with van der Waals surface area (Å²) in [5.41, 5.74) is -0.774. The normalized spacial score (nSPS) is 18.8. The zero-order valence-electron chi connectivity index (χ0n) is 28.3. The van der Waals surface area contributed by atoms with Crippen molar-refractivity contribution in [2.24, 2.45) is 0 Å². The lowest BCUT2D eigenvalue weighted by molar-refractivity contribution is 0.00557. The first-order valence-corrected chi connectivity index (χ1v) is 16.0. The van der Waals surface area contributed by atoms with E-state index in [1.807, 2.05) is 0 Å². The maximum Gasteiger partial charge on any atom is 0.407 e. The van der Waals surface area contributed by atoms with E-state index in [0.717, 1.165) is 6.07 Å². The van der Waals surface area contributed by atoms with E-state index in [0.29, 0.717) is 38.9 Å². The van der Waals surface area contributed by atoms with Gasteiger partial charge in [-0.3, -0.25) is 4.79 Å². The van der Waals surface area contributed by atoms with Crippen LogP contribution >= 0.6 is 0 Å². The molecule has 18 heteroatoms. The van der Waals surface area contributed by atoms with Crippen LogP contribution in [0.3, 0.4) is 0 Å². The fourth-order valence-corrected chi connectivity index (χ4v) is 6.00. The lowest BCUT2D eigenvalue weighted by Crippen LogP contribution is -2.48. The summed E-state index contributed by atoms with van der Waals surface area (Å²) in [5.74, 6) is -8.50. The first-order chi connectivity index (χ1) is 23.5. The van der Waals surface area contributed by atoms with Gasteiger partial charge in [-0.25, -0.2) is 27.9 Å². The van der Waals surface area contributed by atoms with E-state index < -0.39 is 52.9 Å². The first-order valence-electron chi connectivity index (χ1n) is 16.0. The number of aromatic nitrogens is 4. The molecule has 1 aromatic carbocycles. The number of hydrogen-bond donors (Lipinski definition) is 1. The van der Waals surface area contributed by atoms with Crippen LogP contribution < -0.4 is 15.1 Å². The van der Waals surface area contributed by atoms with Crippen molar-refractivity contribution in [2.75, 3.05) is 56.2 Å². The van der Waals surface area contributed by atoms with E-state index in [1.54, 1.807) is 35.5 Å². The van der Waals surface area contributed by atoms with Crippen LogP contribution in [0.4, 0.5) is 38.7 Å². The Morgan fingerprint density at radius 3 is 2.26 bits per heavy atom. The van der Waals surface area contributed by atoms with Crippen LogP contribution in [0.15, 0.2) is 29.0 Å². The number of amides is 2. The molecule has 0 unspecified atom stereocenters. The highest BCUT2D eigenvalue weighted by atomic mass is 19.3. The van der Waals surface area contributed by atoms with Crippen LogP contribution in [-0.2, 0) is 15.4 Å². The van der Waals surface area contributed by atoms with Crippen molar-refractivity contribution < 1.29 is 45.5 Å². The highest BCUT2D eigenvalue weighted by Gasteiger charge is 2.39. The summed E-state index contributed by atoms with van der Waals surface area (Å²) in [5, 5.41) is 6.08. The van der Waals surface area contributed by atoms with Crippen LogP contribution in [-0.4, -0.2) is 101 Å². The molecule has 2 atom stereocenters. The van der Waals surface area contributed by atoms with Gasteiger partial charge in [0.2, 0.25) is 11.8 Å². The van der Waals surface area contributed by atoms with Gasteiger partial charge in [0, 0.05) is 77.2 Å². The molecule has 0 bridgehead atoms. The molecule has 1 N–H and O–H groups in total. The van der Waals surface area contributed by atoms with E-state index in [-0.39, 0.29) is 61.3 Å². The van der Waals surface area contributed by atoms with E-state index in [1.165, 1.54) is 19.5 Å². The SMILES string of the molecule is COCCN(C(=O)c1cnc(N2C[C@H](NC(=O)OC(C)(C)C)[C@@H](c3cc(F)c(F)cc3F)C2)nc1)C1CCN(c2nc(C(C)(F)F)no2)CC1. The number of carbonyl (C=O) groups is 2. The number of nitrogens with one attached hydrogen (secondary N) is 1. The van der Waals surface area contributed by atoms with Crippen molar-refractivity contribution in [1.29, 1.82) is 0 Å². The number of piperidine rings is 1. The van der Waals surface area contributed by atoms with Gasteiger partial charge in [0.1, 0.15) is 11.4 Å². The minimum atomic E-state index is -3.24. The summed E-state index contributed by atoms with van der Waals surface area (Å²) in [4.78, 5) is 44.0. The predicted molar refractivity (Wildman–Crippen MR) is 168 cm³/mol. The van der Waals surface area contributed by atoms with Crippen LogP contribution in [0.2, 0.25) is 0 Å². The van der Waals surface area contributed by atoms with Gasteiger partial charge in [-0.05, 0) is 45.2 Å². The third-order valence-corrected chi connectivity index (χ3v) is 8.41. The van der Waals surface area contributed by atoms with E-state index in [2.05, 4.69) is 25.4 Å². The molecule has 2 aliphatic rings. The van der Waals surface area contributed by atoms with Gasteiger partial charge < -0.3 is 34.0 Å². The van der Waals surface area contributed by atoms with Crippen LogP contribution in [0, 0.1) is 17.5 Å². The summed E-state index contributed by atoms with van der Waals surface area (Å²) < 4.78 is 85.7. The Labute approximate surface area is 285 Å². The van der Waals surface area contributed by atoms with Gasteiger partial charge in [-0.2, -0.15) is 13.8 Å². The summed E-state index contributed by atoms with van der Waals surface area (Å²) in [6, 6.07) is 0.199. The quantitative estimate of drug-likeness (QED) is 0.233. The van der Waals surface area contributed by atoms with Gasteiger partial charge in [-0.1, -0.05) is 5.16 Å². The van der Waals surface area contributed by atoms with Crippen molar-refractivity contribution in [3.8, 4) is 0 Å². The summed E-state index contributed by atoms with van der Waals surface area (Å²) in [7, 11) is 1.51. The van der Waals surface area contributed by atoms with Gasteiger partial charge in [0.15, 0.2) is 11.6 Å². The molecule has 0 aliphatic carbocycles. The number of rotatable bonds is 10. The molecular weight excluding hydrogens is 671 g/mol. The molecule has 5 rings (SSSR count). The standard InChI is InChI=1S/C32H39F5N8O5/c1-31(2,3)49-30(47)40-25-17-44(16-21(25)20-12-23(34)24(35)13-22(20)33)28-38-14-18(15-39-28)26(46)45(10-11-48-5)19-6-8-43(9-7-19)29-41-27(42-50-29)32(4,36)37/h12-15,19,21,25H,6-11,16-17H2,1-5H3,(H,40,47)/t21-,25+/m1/s1. The number of nitrogens with zero attached hydrogens (tertiary/aromatic N) is 7. The highest BCUT2D eigenvalue weighted by Crippen LogP contribution is 2.33. The number of ether oxygens (including phenoxy) is 2. The van der Waals surface area contributed by atoms with Gasteiger partial charge in [0.25, 0.3) is 5.91 Å². The minimum absolute atomic E-state index is 0.0151. The highest BCUT2D eigenvalue weighted by molar-refractivity contribution is 5.94.